The highest BCUT2D eigenvalue weighted by Gasteiger charge is 2.32. The molecule has 0 saturated carbocycles. The molecule has 174 valence electrons. The van der Waals surface area contributed by atoms with Crippen LogP contribution in [0.1, 0.15) is 61.0 Å². The standard InChI is InChI=1S/C26H31N3O3S/c1-19-7-4-5-14-29(19)33(31,32)23-10-6-9-22(17-23)26(30)28-15-12-20(13-16-28)25-18-21-8-2-3-11-24(21)27-25/h2-3,6,8-11,17-20,27H,4-5,7,12-16H2,1H3. The van der Waals surface area contributed by atoms with E-state index in [1.165, 1.54) is 11.1 Å². The number of nitrogens with one attached hydrogen (secondary N) is 1. The third-order valence-corrected chi connectivity index (χ3v) is 9.21. The Morgan fingerprint density at radius 3 is 2.48 bits per heavy atom. The van der Waals surface area contributed by atoms with Gasteiger partial charge in [-0.3, -0.25) is 4.79 Å². The molecule has 1 N–H and O–H groups in total. The number of piperidine rings is 2. The van der Waals surface area contributed by atoms with Gasteiger partial charge in [-0.05, 0) is 68.3 Å². The average Bonchev–Trinajstić information content (AvgIpc) is 3.28. The monoisotopic (exact) mass is 465 g/mol. The topological polar surface area (TPSA) is 73.5 Å². The molecule has 0 radical (unpaired) electrons. The summed E-state index contributed by atoms with van der Waals surface area (Å²) in [6.45, 7) is 3.84. The summed E-state index contributed by atoms with van der Waals surface area (Å²) >= 11 is 0. The number of nitrogens with zero attached hydrogens (tertiary/aromatic N) is 2. The van der Waals surface area contributed by atoms with E-state index in [0.29, 0.717) is 31.1 Å². The molecule has 2 saturated heterocycles. The van der Waals surface area contributed by atoms with E-state index in [1.807, 2.05) is 24.0 Å². The van der Waals surface area contributed by atoms with Crippen LogP contribution < -0.4 is 0 Å². The first-order valence-corrected chi connectivity index (χ1v) is 13.4. The van der Waals surface area contributed by atoms with Crippen molar-refractivity contribution in [3.05, 3.63) is 65.9 Å². The molecule has 3 heterocycles. The Kier molecular flexibility index (Phi) is 6.01. The van der Waals surface area contributed by atoms with E-state index in [-0.39, 0.29) is 16.8 Å². The third-order valence-electron chi connectivity index (χ3n) is 7.20. The number of aromatic amines is 1. The lowest BCUT2D eigenvalue weighted by atomic mass is 9.93. The summed E-state index contributed by atoms with van der Waals surface area (Å²) in [5.41, 5.74) is 2.82. The second kappa shape index (κ2) is 8.95. The van der Waals surface area contributed by atoms with Gasteiger partial charge in [0, 0.05) is 48.4 Å². The van der Waals surface area contributed by atoms with Crippen molar-refractivity contribution in [1.29, 1.82) is 0 Å². The van der Waals surface area contributed by atoms with Gasteiger partial charge in [0.25, 0.3) is 5.91 Å². The molecule has 0 spiro atoms. The second-order valence-electron chi connectivity index (χ2n) is 9.37. The molecule has 6 nitrogen and oxygen atoms in total. The van der Waals surface area contributed by atoms with Crippen LogP contribution in [0.25, 0.3) is 10.9 Å². The lowest BCUT2D eigenvalue weighted by molar-refractivity contribution is 0.0712. The Morgan fingerprint density at radius 2 is 1.73 bits per heavy atom. The summed E-state index contributed by atoms with van der Waals surface area (Å²) in [6, 6.07) is 17.1. The predicted octanol–water partition coefficient (Wildman–Crippen LogP) is 4.75. The molecule has 5 rings (SSSR count). The largest absolute Gasteiger partial charge is 0.358 e. The fraction of sp³-hybridized carbons (Fsp3) is 0.423. The second-order valence-corrected chi connectivity index (χ2v) is 11.3. The highest BCUT2D eigenvalue weighted by atomic mass is 32.2. The van der Waals surface area contributed by atoms with Crippen LogP contribution in [0.15, 0.2) is 59.5 Å². The maximum atomic E-state index is 13.2. The van der Waals surface area contributed by atoms with E-state index in [2.05, 4.69) is 23.2 Å². The van der Waals surface area contributed by atoms with Gasteiger partial charge in [-0.1, -0.05) is 30.7 Å². The van der Waals surface area contributed by atoms with Crippen molar-refractivity contribution in [3.63, 3.8) is 0 Å². The van der Waals surface area contributed by atoms with Gasteiger partial charge in [0.1, 0.15) is 0 Å². The van der Waals surface area contributed by atoms with E-state index in [4.69, 9.17) is 0 Å². The van der Waals surface area contributed by atoms with Gasteiger partial charge in [-0.2, -0.15) is 4.31 Å². The predicted molar refractivity (Wildman–Crippen MR) is 130 cm³/mol. The zero-order valence-electron chi connectivity index (χ0n) is 19.0. The van der Waals surface area contributed by atoms with Crippen molar-refractivity contribution in [3.8, 4) is 0 Å². The van der Waals surface area contributed by atoms with Gasteiger partial charge in [0.15, 0.2) is 0 Å². The van der Waals surface area contributed by atoms with Crippen LogP contribution in [0.2, 0.25) is 0 Å². The lowest BCUT2D eigenvalue weighted by Crippen LogP contribution is -2.42. The first kappa shape index (κ1) is 22.2. The molecule has 2 aliphatic heterocycles. The molecular weight excluding hydrogens is 434 g/mol. The van der Waals surface area contributed by atoms with Crippen molar-refractivity contribution in [2.75, 3.05) is 19.6 Å². The van der Waals surface area contributed by atoms with Gasteiger partial charge in [-0.15, -0.1) is 0 Å². The molecule has 2 aromatic carbocycles. The molecular formula is C26H31N3O3S. The molecule has 0 bridgehead atoms. The first-order valence-electron chi connectivity index (χ1n) is 11.9. The number of carbonyl (C=O) groups is 1. The SMILES string of the molecule is CC1CCCCN1S(=O)(=O)c1cccc(C(=O)N2CCC(c3cc4ccccc4[nH]3)CC2)c1. The number of rotatable bonds is 4. The maximum Gasteiger partial charge on any atom is 0.253 e. The maximum absolute atomic E-state index is 13.2. The number of para-hydroxylation sites is 1. The van der Waals surface area contributed by atoms with Crippen LogP contribution in [0.3, 0.4) is 0 Å². The van der Waals surface area contributed by atoms with Crippen LogP contribution in [-0.4, -0.2) is 54.2 Å². The van der Waals surface area contributed by atoms with Gasteiger partial charge < -0.3 is 9.88 Å². The van der Waals surface area contributed by atoms with Crippen molar-refractivity contribution >= 4 is 26.8 Å². The lowest BCUT2D eigenvalue weighted by Gasteiger charge is -2.33. The molecule has 1 aromatic heterocycles. The quantitative estimate of drug-likeness (QED) is 0.604. The van der Waals surface area contributed by atoms with Gasteiger partial charge >= 0.3 is 0 Å². The first-order chi connectivity index (χ1) is 15.9. The van der Waals surface area contributed by atoms with Crippen LogP contribution in [0, 0.1) is 0 Å². The number of hydrogen-bond acceptors (Lipinski definition) is 3. The number of fused-ring (bicyclic) bond motifs is 1. The highest BCUT2D eigenvalue weighted by molar-refractivity contribution is 7.89. The summed E-state index contributed by atoms with van der Waals surface area (Å²) in [4.78, 5) is 18.8. The highest BCUT2D eigenvalue weighted by Crippen LogP contribution is 2.31. The van der Waals surface area contributed by atoms with Gasteiger partial charge in [0.05, 0.1) is 4.90 Å². The average molecular weight is 466 g/mol. The molecule has 2 fully saturated rings. The van der Waals surface area contributed by atoms with E-state index in [9.17, 15) is 13.2 Å². The van der Waals surface area contributed by atoms with Crippen molar-refractivity contribution in [2.24, 2.45) is 0 Å². The normalized spacial score (nSPS) is 20.9. The van der Waals surface area contributed by atoms with Crippen LogP contribution >= 0.6 is 0 Å². The van der Waals surface area contributed by atoms with E-state index in [1.54, 1.807) is 28.6 Å². The number of carbonyl (C=O) groups excluding carboxylic acids is 1. The summed E-state index contributed by atoms with van der Waals surface area (Å²) in [5, 5.41) is 1.21. The number of likely N-dealkylation sites (tertiary alicyclic amines) is 1. The molecule has 2 aliphatic rings. The molecule has 3 aromatic rings. The number of H-pyrrole nitrogens is 1. The zero-order valence-corrected chi connectivity index (χ0v) is 19.9. The summed E-state index contributed by atoms with van der Waals surface area (Å²) in [6.07, 6.45) is 4.60. The van der Waals surface area contributed by atoms with Crippen molar-refractivity contribution < 1.29 is 13.2 Å². The minimum atomic E-state index is -3.60. The number of benzene rings is 2. The Morgan fingerprint density at radius 1 is 0.939 bits per heavy atom. The Bertz CT molecular complexity index is 1230. The summed E-state index contributed by atoms with van der Waals surface area (Å²) in [7, 11) is -3.60. The van der Waals surface area contributed by atoms with Crippen molar-refractivity contribution in [2.45, 2.75) is 55.9 Å². The zero-order chi connectivity index (χ0) is 23.0. The van der Waals surface area contributed by atoms with Crippen LogP contribution in [0.4, 0.5) is 0 Å². The summed E-state index contributed by atoms with van der Waals surface area (Å²) < 4.78 is 28.0. The number of sulfonamides is 1. The number of hydrogen-bond donors (Lipinski definition) is 1. The Hall–Kier alpha value is -2.64. The Labute approximate surface area is 195 Å². The molecule has 1 amide bonds. The fourth-order valence-electron chi connectivity index (χ4n) is 5.25. The Balaban J connectivity index is 1.28. The van der Waals surface area contributed by atoms with Crippen molar-refractivity contribution in [1.82, 2.24) is 14.2 Å². The minimum absolute atomic E-state index is 0.00762. The fourth-order valence-corrected chi connectivity index (χ4v) is 6.99. The van der Waals surface area contributed by atoms with E-state index in [0.717, 1.165) is 37.6 Å². The smallest absolute Gasteiger partial charge is 0.253 e. The van der Waals surface area contributed by atoms with Gasteiger partial charge in [0.2, 0.25) is 10.0 Å². The van der Waals surface area contributed by atoms with Crippen LogP contribution in [-0.2, 0) is 10.0 Å². The number of aromatic nitrogens is 1. The molecule has 1 atom stereocenters. The van der Waals surface area contributed by atoms with E-state index >= 15 is 0 Å². The summed E-state index contributed by atoms with van der Waals surface area (Å²) in [5.74, 6) is 0.308. The molecule has 7 heteroatoms. The van der Waals surface area contributed by atoms with E-state index < -0.39 is 10.0 Å². The molecule has 0 aliphatic carbocycles. The molecule has 1 unspecified atom stereocenters. The molecule has 33 heavy (non-hydrogen) atoms. The third kappa shape index (κ3) is 4.32. The van der Waals surface area contributed by atoms with Crippen LogP contribution in [0.5, 0.6) is 0 Å². The number of amides is 1. The van der Waals surface area contributed by atoms with Gasteiger partial charge in [-0.25, -0.2) is 8.42 Å². The minimum Gasteiger partial charge on any atom is -0.358 e.